The third kappa shape index (κ3) is 5.28. The van der Waals surface area contributed by atoms with Crippen molar-refractivity contribution in [1.82, 2.24) is 14.9 Å². The fourth-order valence-electron chi connectivity index (χ4n) is 5.28. The molecule has 1 amide bonds. The van der Waals surface area contributed by atoms with Crippen LogP contribution >= 0.6 is 23.8 Å². The molecule has 8 nitrogen and oxygen atoms in total. The first-order valence-corrected chi connectivity index (χ1v) is 13.5. The summed E-state index contributed by atoms with van der Waals surface area (Å²) in [5.74, 6) is 0.250. The first-order chi connectivity index (χ1) is 19.3. The lowest BCUT2D eigenvalue weighted by Crippen LogP contribution is -2.29. The molecular formula is C30H30ClN5O3S. The van der Waals surface area contributed by atoms with E-state index in [9.17, 15) is 4.79 Å². The number of pyridine rings is 1. The minimum absolute atomic E-state index is 0.0713. The van der Waals surface area contributed by atoms with Crippen molar-refractivity contribution in [2.24, 2.45) is 0 Å². The van der Waals surface area contributed by atoms with Gasteiger partial charge in [0.2, 0.25) is 5.91 Å². The Labute approximate surface area is 243 Å². The molecule has 2 unspecified atom stereocenters. The van der Waals surface area contributed by atoms with Gasteiger partial charge in [0.05, 0.1) is 30.6 Å². The quantitative estimate of drug-likeness (QED) is 0.253. The summed E-state index contributed by atoms with van der Waals surface area (Å²) in [5, 5.41) is 7.63. The molecule has 0 radical (unpaired) electrons. The monoisotopic (exact) mass is 575 g/mol. The molecule has 2 aromatic heterocycles. The highest BCUT2D eigenvalue weighted by atomic mass is 35.5. The second-order valence-corrected chi connectivity index (χ2v) is 10.3. The normalized spacial score (nSPS) is 16.6. The number of amides is 1. The second-order valence-electron chi connectivity index (χ2n) is 9.50. The van der Waals surface area contributed by atoms with Gasteiger partial charge in [0.15, 0.2) is 5.11 Å². The van der Waals surface area contributed by atoms with Crippen LogP contribution in [0.2, 0.25) is 5.02 Å². The number of hydrogen-bond donors (Lipinski definition) is 2. The standard InChI is InChI=1S/C30H30ClN5O3S/c1-18-15-23(19(2)35(18)21-10-8-20(31)9-11-21)29-28(24-7-5-6-14-32-24)34-30(40)36(29)22-12-13-26(39-4)25(16-22)33-27(37)17-38-3/h5-16,28-29H,17H2,1-4H3,(H,33,37)(H,34,40). The number of thiocarbonyl (C=S) groups is 1. The number of rotatable bonds is 8. The van der Waals surface area contributed by atoms with E-state index < -0.39 is 0 Å². The van der Waals surface area contributed by atoms with Crippen molar-refractivity contribution in [1.29, 1.82) is 0 Å². The number of hydrogen-bond acceptors (Lipinski definition) is 5. The first kappa shape index (κ1) is 27.6. The van der Waals surface area contributed by atoms with Gasteiger partial charge in [0.1, 0.15) is 12.4 Å². The van der Waals surface area contributed by atoms with Gasteiger partial charge in [-0.1, -0.05) is 17.7 Å². The number of methoxy groups -OCH3 is 2. The van der Waals surface area contributed by atoms with E-state index in [1.165, 1.54) is 7.11 Å². The van der Waals surface area contributed by atoms with Crippen molar-refractivity contribution in [3.63, 3.8) is 0 Å². The molecule has 2 N–H and O–H groups in total. The third-order valence-electron chi connectivity index (χ3n) is 6.98. The summed E-state index contributed by atoms with van der Waals surface area (Å²) >= 11 is 12.1. The largest absolute Gasteiger partial charge is 0.495 e. The summed E-state index contributed by atoms with van der Waals surface area (Å²) in [7, 11) is 3.04. The van der Waals surface area contributed by atoms with E-state index in [0.29, 0.717) is 21.6 Å². The minimum atomic E-state index is -0.283. The van der Waals surface area contributed by atoms with E-state index in [0.717, 1.165) is 34.0 Å². The molecule has 10 heteroatoms. The van der Waals surface area contributed by atoms with E-state index >= 15 is 0 Å². The molecule has 4 aromatic rings. The number of carbonyl (C=O) groups is 1. The smallest absolute Gasteiger partial charge is 0.250 e. The van der Waals surface area contributed by atoms with Crippen LogP contribution in [0.25, 0.3) is 5.69 Å². The summed E-state index contributed by atoms with van der Waals surface area (Å²) in [6.07, 6.45) is 1.79. The summed E-state index contributed by atoms with van der Waals surface area (Å²) in [4.78, 5) is 19.1. The number of ether oxygens (including phenoxy) is 2. The molecule has 40 heavy (non-hydrogen) atoms. The summed E-state index contributed by atoms with van der Waals surface area (Å²) in [6, 6.07) is 21.0. The van der Waals surface area contributed by atoms with E-state index in [1.807, 2.05) is 60.7 Å². The number of halogens is 1. The summed E-state index contributed by atoms with van der Waals surface area (Å²) < 4.78 is 12.7. The average molecular weight is 576 g/mol. The lowest BCUT2D eigenvalue weighted by atomic mass is 9.96. The van der Waals surface area contributed by atoms with Gasteiger partial charge in [-0.15, -0.1) is 0 Å². The van der Waals surface area contributed by atoms with Crippen molar-refractivity contribution in [3.8, 4) is 11.4 Å². The zero-order valence-corrected chi connectivity index (χ0v) is 24.2. The fourth-order valence-corrected chi connectivity index (χ4v) is 5.76. The number of nitrogens with zero attached hydrogens (tertiary/aromatic N) is 3. The van der Waals surface area contributed by atoms with E-state index in [-0.39, 0.29) is 24.6 Å². The van der Waals surface area contributed by atoms with E-state index in [1.54, 1.807) is 13.3 Å². The number of aromatic nitrogens is 2. The highest BCUT2D eigenvalue weighted by Crippen LogP contribution is 2.45. The molecule has 2 atom stereocenters. The number of aryl methyl sites for hydroxylation is 1. The van der Waals surface area contributed by atoms with Gasteiger partial charge in [-0.25, -0.2) is 0 Å². The van der Waals surface area contributed by atoms with Crippen molar-refractivity contribution in [3.05, 3.63) is 101 Å². The lowest BCUT2D eigenvalue weighted by molar-refractivity contribution is -0.119. The van der Waals surface area contributed by atoms with Gasteiger partial charge in [-0.3, -0.25) is 9.78 Å². The van der Waals surface area contributed by atoms with Crippen LogP contribution < -0.4 is 20.3 Å². The molecule has 3 heterocycles. The van der Waals surface area contributed by atoms with Crippen LogP contribution in [0.3, 0.4) is 0 Å². The van der Waals surface area contributed by atoms with Crippen molar-refractivity contribution in [2.45, 2.75) is 25.9 Å². The predicted octanol–water partition coefficient (Wildman–Crippen LogP) is 5.91. The lowest BCUT2D eigenvalue weighted by Gasteiger charge is -2.29. The zero-order chi connectivity index (χ0) is 28.4. The van der Waals surface area contributed by atoms with Crippen LogP contribution in [0.1, 0.15) is 34.7 Å². The van der Waals surface area contributed by atoms with Gasteiger partial charge in [0, 0.05) is 41.1 Å². The maximum Gasteiger partial charge on any atom is 0.250 e. The Hall–Kier alpha value is -3.92. The van der Waals surface area contributed by atoms with Gasteiger partial charge in [0.25, 0.3) is 0 Å². The molecule has 5 rings (SSSR count). The molecule has 1 aliphatic rings. The Kier molecular flexibility index (Phi) is 8.07. The molecule has 0 saturated carbocycles. The van der Waals surface area contributed by atoms with Crippen LogP contribution in [0.4, 0.5) is 11.4 Å². The van der Waals surface area contributed by atoms with Gasteiger partial charge < -0.3 is 29.6 Å². The molecule has 0 bridgehead atoms. The van der Waals surface area contributed by atoms with Crippen LogP contribution in [-0.2, 0) is 9.53 Å². The Bertz CT molecular complexity index is 1540. The van der Waals surface area contributed by atoms with Crippen LogP contribution in [-0.4, -0.2) is 41.4 Å². The SMILES string of the molecule is COCC(=O)Nc1cc(N2C(=S)NC(c3ccccn3)C2c2cc(C)n(-c3ccc(Cl)cc3)c2C)ccc1OC. The maximum atomic E-state index is 12.4. The van der Waals surface area contributed by atoms with Gasteiger partial charge >= 0.3 is 0 Å². The van der Waals surface area contributed by atoms with Crippen molar-refractivity contribution in [2.75, 3.05) is 31.0 Å². The molecule has 0 spiro atoms. The van der Waals surface area contributed by atoms with E-state index in [2.05, 4.69) is 45.0 Å². The summed E-state index contributed by atoms with van der Waals surface area (Å²) in [5.41, 5.74) is 6.46. The molecule has 0 aliphatic carbocycles. The number of benzene rings is 2. The Balaban J connectivity index is 1.64. The highest BCUT2D eigenvalue weighted by Gasteiger charge is 2.42. The zero-order valence-electron chi connectivity index (χ0n) is 22.6. The number of nitrogens with one attached hydrogen (secondary N) is 2. The molecule has 1 aliphatic heterocycles. The topological polar surface area (TPSA) is 80.7 Å². The van der Waals surface area contributed by atoms with Crippen LogP contribution in [0.5, 0.6) is 5.75 Å². The average Bonchev–Trinajstić information content (AvgIpc) is 3.44. The second kappa shape index (κ2) is 11.7. The van der Waals surface area contributed by atoms with Crippen LogP contribution in [0, 0.1) is 13.8 Å². The van der Waals surface area contributed by atoms with Crippen molar-refractivity contribution < 1.29 is 14.3 Å². The highest BCUT2D eigenvalue weighted by molar-refractivity contribution is 7.80. The number of anilines is 2. The molecule has 1 fully saturated rings. The van der Waals surface area contributed by atoms with Crippen molar-refractivity contribution >= 4 is 46.2 Å². The third-order valence-corrected chi connectivity index (χ3v) is 7.55. The maximum absolute atomic E-state index is 12.4. The molecule has 206 valence electrons. The van der Waals surface area contributed by atoms with Crippen LogP contribution in [0.15, 0.2) is 72.9 Å². The Morgan fingerprint density at radius 3 is 2.50 bits per heavy atom. The molecular weight excluding hydrogens is 546 g/mol. The van der Waals surface area contributed by atoms with E-state index in [4.69, 9.17) is 33.3 Å². The summed E-state index contributed by atoms with van der Waals surface area (Å²) in [6.45, 7) is 4.12. The predicted molar refractivity (Wildman–Crippen MR) is 162 cm³/mol. The number of carbonyl (C=O) groups excluding carboxylic acids is 1. The minimum Gasteiger partial charge on any atom is -0.495 e. The first-order valence-electron chi connectivity index (χ1n) is 12.7. The van der Waals surface area contributed by atoms with Gasteiger partial charge in [-0.05, 0) is 92.3 Å². The Morgan fingerprint density at radius 1 is 1.07 bits per heavy atom. The molecule has 1 saturated heterocycles. The Morgan fingerprint density at radius 2 is 1.82 bits per heavy atom. The van der Waals surface area contributed by atoms with Gasteiger partial charge in [-0.2, -0.15) is 0 Å². The fraction of sp³-hybridized carbons (Fsp3) is 0.233. The molecule has 2 aromatic carbocycles.